The number of nitrogens with zero attached hydrogens (tertiary/aromatic N) is 2. The number of allylic oxidation sites excluding steroid dienone is 2. The van der Waals surface area contributed by atoms with E-state index in [1.807, 2.05) is 18.2 Å². The van der Waals surface area contributed by atoms with Gasteiger partial charge >= 0.3 is 0 Å². The second kappa shape index (κ2) is 5.54. The minimum Gasteiger partial charge on any atom is -0.390 e. The van der Waals surface area contributed by atoms with Crippen molar-refractivity contribution in [3.63, 3.8) is 0 Å². The third kappa shape index (κ3) is 2.66. The topological polar surface area (TPSA) is 51.3 Å². The molecule has 0 atom stereocenters. The Bertz CT molecular complexity index is 368. The van der Waals surface area contributed by atoms with E-state index in [0.29, 0.717) is 0 Å². The van der Waals surface area contributed by atoms with Crippen LogP contribution in [0.4, 0.5) is 0 Å². The molecule has 0 saturated carbocycles. The number of aromatic nitrogens is 1. The lowest BCUT2D eigenvalue weighted by molar-refractivity contribution is 1.25. The third-order valence-electron chi connectivity index (χ3n) is 1.52. The van der Waals surface area contributed by atoms with Gasteiger partial charge in [-0.25, -0.2) is 4.99 Å². The largest absolute Gasteiger partial charge is 0.390 e. The molecule has 72 valence electrons. The summed E-state index contributed by atoms with van der Waals surface area (Å²) in [6, 6.07) is 5.64. The number of aliphatic imine (C=N–C) groups is 1. The van der Waals surface area contributed by atoms with Crippen LogP contribution in [-0.4, -0.2) is 11.3 Å². The highest BCUT2D eigenvalue weighted by molar-refractivity contribution is 14.1. The van der Waals surface area contributed by atoms with Gasteiger partial charge in [0.15, 0.2) is 0 Å². The maximum absolute atomic E-state index is 5.27. The fourth-order valence-electron chi connectivity index (χ4n) is 0.924. The summed E-state index contributed by atoms with van der Waals surface area (Å²) in [5.41, 5.74) is 6.80. The molecule has 0 aromatic carbocycles. The van der Waals surface area contributed by atoms with Gasteiger partial charge in [-0.2, -0.15) is 0 Å². The molecule has 1 aromatic heterocycles. The van der Waals surface area contributed by atoms with Crippen LogP contribution >= 0.6 is 22.6 Å². The van der Waals surface area contributed by atoms with Crippen LogP contribution in [0.3, 0.4) is 0 Å². The average molecular weight is 299 g/mol. The molecule has 0 unspecified atom stereocenters. The van der Waals surface area contributed by atoms with Crippen LogP contribution in [0.15, 0.2) is 45.6 Å². The second-order valence-electron chi connectivity index (χ2n) is 2.39. The molecule has 0 spiro atoms. The number of halogens is 1. The summed E-state index contributed by atoms with van der Waals surface area (Å²) in [6.07, 6.45) is 4.69. The molecule has 1 heterocycles. The third-order valence-corrected chi connectivity index (χ3v) is 2.47. The smallest absolute Gasteiger partial charge is 0.104 e. The zero-order chi connectivity index (χ0) is 10.4. The van der Waals surface area contributed by atoms with Crippen molar-refractivity contribution in [1.82, 2.24) is 4.98 Å². The zero-order valence-electron chi connectivity index (χ0n) is 7.52. The second-order valence-corrected chi connectivity index (χ2v) is 3.56. The van der Waals surface area contributed by atoms with Gasteiger partial charge in [0.25, 0.3) is 0 Å². The maximum Gasteiger partial charge on any atom is 0.104 e. The van der Waals surface area contributed by atoms with Crippen molar-refractivity contribution in [3.05, 3.63) is 46.3 Å². The monoisotopic (exact) mass is 299 g/mol. The first kappa shape index (κ1) is 10.9. The molecule has 0 saturated heterocycles. The minimum absolute atomic E-state index is 0.740. The highest BCUT2D eigenvalue weighted by Crippen LogP contribution is 2.22. The Morgan fingerprint density at radius 3 is 2.86 bits per heavy atom. The Labute approximate surface area is 96.6 Å². The van der Waals surface area contributed by atoms with Gasteiger partial charge in [0, 0.05) is 9.78 Å². The van der Waals surface area contributed by atoms with E-state index >= 15 is 0 Å². The first-order valence-electron chi connectivity index (χ1n) is 3.97. The molecular formula is C10H10IN3. The standard InChI is InChI=1S/C10H10IN3/c1-2-8(11)10(14-7-12)9-5-3-4-6-13-9/h2-7H,1H2,(H2,12,14)/b10-8+. The number of hydrogen-bond acceptors (Lipinski definition) is 2. The van der Waals surface area contributed by atoms with E-state index in [0.717, 1.165) is 15.0 Å². The predicted molar refractivity (Wildman–Crippen MR) is 68.1 cm³/mol. The molecule has 0 amide bonds. The minimum atomic E-state index is 0.740. The summed E-state index contributed by atoms with van der Waals surface area (Å²) in [5.74, 6) is 0. The number of hydrogen-bond donors (Lipinski definition) is 1. The average Bonchev–Trinajstić information content (AvgIpc) is 2.26. The van der Waals surface area contributed by atoms with E-state index in [9.17, 15) is 0 Å². The molecule has 0 aliphatic heterocycles. The lowest BCUT2D eigenvalue weighted by Gasteiger charge is -2.01. The maximum atomic E-state index is 5.27. The number of nitrogens with two attached hydrogens (primary N) is 1. The molecule has 14 heavy (non-hydrogen) atoms. The SMILES string of the molecule is C=C/C(I)=C(\N=CN)c1ccccn1. The van der Waals surface area contributed by atoms with Gasteiger partial charge in [0.1, 0.15) is 5.70 Å². The Hall–Kier alpha value is -1.17. The van der Waals surface area contributed by atoms with Crippen molar-refractivity contribution in [2.75, 3.05) is 0 Å². The summed E-state index contributed by atoms with van der Waals surface area (Å²) in [6.45, 7) is 3.68. The van der Waals surface area contributed by atoms with E-state index in [2.05, 4.69) is 39.1 Å². The molecule has 1 aromatic rings. The van der Waals surface area contributed by atoms with Crippen LogP contribution < -0.4 is 5.73 Å². The van der Waals surface area contributed by atoms with Gasteiger partial charge in [-0.1, -0.05) is 18.7 Å². The summed E-state index contributed by atoms with van der Waals surface area (Å²) in [7, 11) is 0. The van der Waals surface area contributed by atoms with Crippen LogP contribution in [-0.2, 0) is 0 Å². The van der Waals surface area contributed by atoms with E-state index in [1.54, 1.807) is 12.3 Å². The number of rotatable bonds is 3. The van der Waals surface area contributed by atoms with Crippen molar-refractivity contribution in [2.24, 2.45) is 10.7 Å². The van der Waals surface area contributed by atoms with Crippen molar-refractivity contribution < 1.29 is 0 Å². The number of pyridine rings is 1. The summed E-state index contributed by atoms with van der Waals surface area (Å²) in [4.78, 5) is 8.24. The highest BCUT2D eigenvalue weighted by Gasteiger charge is 2.03. The van der Waals surface area contributed by atoms with Gasteiger partial charge in [0.2, 0.25) is 0 Å². The van der Waals surface area contributed by atoms with Gasteiger partial charge < -0.3 is 5.73 Å². The van der Waals surface area contributed by atoms with E-state index in [-0.39, 0.29) is 0 Å². The molecular weight excluding hydrogens is 289 g/mol. The fraction of sp³-hybridized carbons (Fsp3) is 0. The molecule has 3 nitrogen and oxygen atoms in total. The molecule has 0 aliphatic carbocycles. The van der Waals surface area contributed by atoms with E-state index in [1.165, 1.54) is 6.34 Å². The molecule has 0 fully saturated rings. The lowest BCUT2D eigenvalue weighted by atomic mass is 10.2. The first-order chi connectivity index (χ1) is 6.79. The van der Waals surface area contributed by atoms with Crippen LogP contribution in [0.25, 0.3) is 5.70 Å². The van der Waals surface area contributed by atoms with Crippen molar-refractivity contribution in [2.45, 2.75) is 0 Å². The van der Waals surface area contributed by atoms with Gasteiger partial charge in [0.05, 0.1) is 12.0 Å². The fourth-order valence-corrected chi connectivity index (χ4v) is 1.34. The van der Waals surface area contributed by atoms with Gasteiger partial charge in [-0.15, -0.1) is 0 Å². The molecule has 0 bridgehead atoms. The highest BCUT2D eigenvalue weighted by atomic mass is 127. The van der Waals surface area contributed by atoms with E-state index in [4.69, 9.17) is 5.73 Å². The van der Waals surface area contributed by atoms with Crippen molar-refractivity contribution in [1.29, 1.82) is 0 Å². The predicted octanol–water partition coefficient (Wildman–Crippen LogP) is 2.36. The van der Waals surface area contributed by atoms with Gasteiger partial charge in [-0.05, 0) is 34.7 Å². The Morgan fingerprint density at radius 1 is 1.57 bits per heavy atom. The van der Waals surface area contributed by atoms with Crippen LogP contribution in [0.5, 0.6) is 0 Å². The van der Waals surface area contributed by atoms with Crippen LogP contribution in [0.1, 0.15) is 5.69 Å². The molecule has 4 heteroatoms. The van der Waals surface area contributed by atoms with Crippen molar-refractivity contribution >= 4 is 34.6 Å². The van der Waals surface area contributed by atoms with Gasteiger partial charge in [-0.3, -0.25) is 4.98 Å². The molecule has 1 rings (SSSR count). The van der Waals surface area contributed by atoms with E-state index < -0.39 is 0 Å². The first-order valence-corrected chi connectivity index (χ1v) is 5.05. The Kier molecular flexibility index (Phi) is 4.31. The molecule has 0 radical (unpaired) electrons. The van der Waals surface area contributed by atoms with Crippen molar-refractivity contribution in [3.8, 4) is 0 Å². The molecule has 2 N–H and O–H groups in total. The summed E-state index contributed by atoms with van der Waals surface area (Å²) >= 11 is 2.15. The summed E-state index contributed by atoms with van der Waals surface area (Å²) < 4.78 is 0.919. The lowest BCUT2D eigenvalue weighted by Crippen LogP contribution is -1.93. The zero-order valence-corrected chi connectivity index (χ0v) is 9.68. The quantitative estimate of drug-likeness (QED) is 0.403. The Morgan fingerprint density at radius 2 is 2.36 bits per heavy atom. The Balaban J connectivity index is 3.20. The normalized spacial score (nSPS) is 12.6. The summed E-state index contributed by atoms with van der Waals surface area (Å²) in [5, 5.41) is 0. The van der Waals surface area contributed by atoms with Crippen LogP contribution in [0, 0.1) is 0 Å². The molecule has 0 aliphatic rings. The van der Waals surface area contributed by atoms with Crippen LogP contribution in [0.2, 0.25) is 0 Å².